The topological polar surface area (TPSA) is 99.1 Å². The number of carbonyl (C=O) groups excluding carboxylic acids is 1. The summed E-state index contributed by atoms with van der Waals surface area (Å²) < 4.78 is 24.7. The molecular weight excluding hydrogens is 339 g/mol. The fourth-order valence-electron chi connectivity index (χ4n) is 1.02. The number of pyridine rings is 1. The SMILES string of the molecule is NC(=O)c1c(C(F)F)ncc([N+](=O)[O-])c1I. The molecule has 0 atom stereocenters. The molecule has 9 heteroatoms. The number of nitrogens with two attached hydrogens (primary N) is 1. The predicted molar refractivity (Wildman–Crippen MR) is 57.1 cm³/mol. The van der Waals surface area contributed by atoms with Crippen molar-refractivity contribution < 1.29 is 18.5 Å². The Bertz CT molecular complexity index is 466. The maximum Gasteiger partial charge on any atom is 0.301 e. The molecule has 0 aromatic carbocycles. The number of halogens is 3. The third kappa shape index (κ3) is 2.23. The molecule has 0 saturated heterocycles. The van der Waals surface area contributed by atoms with Crippen molar-refractivity contribution in [2.24, 2.45) is 5.73 Å². The Labute approximate surface area is 101 Å². The van der Waals surface area contributed by atoms with Gasteiger partial charge in [-0.15, -0.1) is 0 Å². The van der Waals surface area contributed by atoms with Gasteiger partial charge >= 0.3 is 5.69 Å². The summed E-state index contributed by atoms with van der Waals surface area (Å²) in [4.78, 5) is 23.8. The lowest BCUT2D eigenvalue weighted by Gasteiger charge is -2.06. The van der Waals surface area contributed by atoms with Gasteiger partial charge in [-0.25, -0.2) is 13.8 Å². The summed E-state index contributed by atoms with van der Waals surface area (Å²) in [6.45, 7) is 0. The van der Waals surface area contributed by atoms with Crippen molar-refractivity contribution in [1.29, 1.82) is 0 Å². The largest absolute Gasteiger partial charge is 0.366 e. The molecule has 0 spiro atoms. The molecule has 0 unspecified atom stereocenters. The number of rotatable bonds is 3. The van der Waals surface area contributed by atoms with Gasteiger partial charge in [-0.2, -0.15) is 0 Å². The highest BCUT2D eigenvalue weighted by molar-refractivity contribution is 14.1. The van der Waals surface area contributed by atoms with Gasteiger partial charge in [0.25, 0.3) is 12.3 Å². The van der Waals surface area contributed by atoms with Gasteiger partial charge in [0.05, 0.1) is 10.5 Å². The Morgan fingerprint density at radius 1 is 1.62 bits per heavy atom. The maximum atomic E-state index is 12.5. The van der Waals surface area contributed by atoms with Crippen LogP contribution in [0, 0.1) is 13.7 Å². The molecule has 86 valence electrons. The van der Waals surface area contributed by atoms with Gasteiger partial charge in [-0.3, -0.25) is 14.9 Å². The van der Waals surface area contributed by atoms with Gasteiger partial charge in [-0.1, -0.05) is 0 Å². The van der Waals surface area contributed by atoms with E-state index in [1.807, 2.05) is 0 Å². The maximum absolute atomic E-state index is 12.5. The van der Waals surface area contributed by atoms with Crippen LogP contribution in [0.25, 0.3) is 0 Å². The van der Waals surface area contributed by atoms with Crippen LogP contribution in [0.4, 0.5) is 14.5 Å². The molecule has 0 radical (unpaired) electrons. The van der Waals surface area contributed by atoms with Crippen LogP contribution in [0.5, 0.6) is 0 Å². The first kappa shape index (κ1) is 12.7. The van der Waals surface area contributed by atoms with Crippen LogP contribution in [0.1, 0.15) is 22.5 Å². The lowest BCUT2D eigenvalue weighted by atomic mass is 10.1. The zero-order valence-corrected chi connectivity index (χ0v) is 9.64. The average molecular weight is 343 g/mol. The molecule has 1 aromatic heterocycles. The number of alkyl halides is 2. The summed E-state index contributed by atoms with van der Waals surface area (Å²) >= 11 is 1.41. The second-order valence-electron chi connectivity index (χ2n) is 2.64. The highest BCUT2D eigenvalue weighted by atomic mass is 127. The highest BCUT2D eigenvalue weighted by Gasteiger charge is 2.27. The van der Waals surface area contributed by atoms with Crippen molar-refractivity contribution in [1.82, 2.24) is 4.98 Å². The zero-order chi connectivity index (χ0) is 12.5. The van der Waals surface area contributed by atoms with Gasteiger partial charge < -0.3 is 5.73 Å². The lowest BCUT2D eigenvalue weighted by Crippen LogP contribution is -2.18. The molecule has 6 nitrogen and oxygen atoms in total. The molecule has 0 saturated carbocycles. The number of primary amides is 1. The van der Waals surface area contributed by atoms with E-state index < -0.39 is 34.2 Å². The zero-order valence-electron chi connectivity index (χ0n) is 7.49. The van der Waals surface area contributed by atoms with E-state index in [1.165, 1.54) is 22.6 Å². The smallest absolute Gasteiger partial charge is 0.301 e. The third-order valence-corrected chi connectivity index (χ3v) is 2.77. The predicted octanol–water partition coefficient (Wildman–Crippen LogP) is 1.63. The van der Waals surface area contributed by atoms with Crippen molar-refractivity contribution in [2.75, 3.05) is 0 Å². The fourth-order valence-corrected chi connectivity index (χ4v) is 1.90. The summed E-state index contributed by atoms with van der Waals surface area (Å²) in [6, 6.07) is 0. The normalized spacial score (nSPS) is 10.5. The van der Waals surface area contributed by atoms with Gasteiger partial charge in [0.15, 0.2) is 0 Å². The Hall–Kier alpha value is -1.39. The number of hydrogen-bond acceptors (Lipinski definition) is 4. The second kappa shape index (κ2) is 4.63. The molecule has 0 aliphatic heterocycles. The van der Waals surface area contributed by atoms with Crippen molar-refractivity contribution in [3.63, 3.8) is 0 Å². The van der Waals surface area contributed by atoms with E-state index in [0.29, 0.717) is 6.20 Å². The minimum Gasteiger partial charge on any atom is -0.366 e. The van der Waals surface area contributed by atoms with E-state index in [0.717, 1.165) is 0 Å². The number of hydrogen-bond donors (Lipinski definition) is 1. The first-order valence-corrected chi connectivity index (χ1v) is 4.84. The van der Waals surface area contributed by atoms with Gasteiger partial charge in [0, 0.05) is 0 Å². The van der Waals surface area contributed by atoms with Gasteiger partial charge in [-0.05, 0) is 22.6 Å². The standard InChI is InChI=1S/C7H4F2IN3O3/c8-6(9)5-3(7(11)14)4(10)2(1-12-5)13(15)16/h1,6H,(H2,11,14). The molecule has 0 bridgehead atoms. The minimum absolute atomic E-state index is 0.236. The summed E-state index contributed by atoms with van der Waals surface area (Å²) in [6.07, 6.45) is -2.34. The van der Waals surface area contributed by atoms with Crippen LogP contribution in [0.3, 0.4) is 0 Å². The first-order chi connectivity index (χ1) is 7.36. The average Bonchev–Trinajstić information content (AvgIpc) is 2.15. The molecule has 0 aliphatic carbocycles. The molecule has 1 aromatic rings. The third-order valence-electron chi connectivity index (χ3n) is 1.68. The van der Waals surface area contributed by atoms with E-state index >= 15 is 0 Å². The van der Waals surface area contributed by atoms with Crippen LogP contribution < -0.4 is 5.73 Å². The van der Waals surface area contributed by atoms with Crippen LogP contribution in [-0.2, 0) is 0 Å². The molecule has 0 fully saturated rings. The van der Waals surface area contributed by atoms with Crippen LogP contribution >= 0.6 is 22.6 Å². The Morgan fingerprint density at radius 3 is 2.56 bits per heavy atom. The number of aromatic nitrogens is 1. The van der Waals surface area contributed by atoms with Crippen LogP contribution in [-0.4, -0.2) is 15.8 Å². The summed E-state index contributed by atoms with van der Waals surface area (Å²) in [5.41, 5.74) is 2.90. The van der Waals surface area contributed by atoms with Crippen LogP contribution in [0.2, 0.25) is 0 Å². The first-order valence-electron chi connectivity index (χ1n) is 3.77. The molecule has 0 aliphatic rings. The molecule has 1 amide bonds. The summed E-state index contributed by atoms with van der Waals surface area (Å²) in [5.74, 6) is -1.17. The van der Waals surface area contributed by atoms with Crippen molar-refractivity contribution in [3.05, 3.63) is 31.1 Å². The fraction of sp³-hybridized carbons (Fsp3) is 0.143. The molecule has 16 heavy (non-hydrogen) atoms. The monoisotopic (exact) mass is 343 g/mol. The number of nitro groups is 1. The number of amides is 1. The van der Waals surface area contributed by atoms with E-state index in [4.69, 9.17) is 5.73 Å². The molecule has 1 heterocycles. The van der Waals surface area contributed by atoms with E-state index in [9.17, 15) is 23.7 Å². The van der Waals surface area contributed by atoms with E-state index in [1.54, 1.807) is 0 Å². The van der Waals surface area contributed by atoms with Crippen molar-refractivity contribution in [3.8, 4) is 0 Å². The molecular formula is C7H4F2IN3O3. The van der Waals surface area contributed by atoms with E-state index in [-0.39, 0.29) is 3.57 Å². The highest BCUT2D eigenvalue weighted by Crippen LogP contribution is 2.29. The second-order valence-corrected chi connectivity index (χ2v) is 3.72. The summed E-state index contributed by atoms with van der Waals surface area (Å²) in [7, 11) is 0. The Kier molecular flexibility index (Phi) is 3.67. The van der Waals surface area contributed by atoms with Crippen molar-refractivity contribution in [2.45, 2.75) is 6.43 Å². The Balaban J connectivity index is 3.54. The van der Waals surface area contributed by atoms with Crippen LogP contribution in [0.15, 0.2) is 6.20 Å². The Morgan fingerprint density at radius 2 is 2.19 bits per heavy atom. The quantitative estimate of drug-likeness (QED) is 0.512. The van der Waals surface area contributed by atoms with E-state index in [2.05, 4.69) is 4.98 Å². The molecule has 1 rings (SSSR count). The minimum atomic E-state index is -3.02. The lowest BCUT2D eigenvalue weighted by molar-refractivity contribution is -0.386. The molecule has 2 N–H and O–H groups in total. The van der Waals surface area contributed by atoms with Gasteiger partial charge in [0.1, 0.15) is 15.5 Å². The van der Waals surface area contributed by atoms with Gasteiger partial charge in [0.2, 0.25) is 0 Å². The summed E-state index contributed by atoms with van der Waals surface area (Å²) in [5, 5.41) is 10.5. The number of carbonyl (C=O) groups is 1. The van der Waals surface area contributed by atoms with Crippen molar-refractivity contribution >= 4 is 34.2 Å². The number of nitrogens with zero attached hydrogens (tertiary/aromatic N) is 2.